The predicted molar refractivity (Wildman–Crippen MR) is 131 cm³/mol. The fourth-order valence-corrected chi connectivity index (χ4v) is 4.68. The fraction of sp³-hybridized carbons (Fsp3) is 0.400. The van der Waals surface area contributed by atoms with Gasteiger partial charge in [0.25, 0.3) is 0 Å². The number of carbonyl (C=O) groups is 1. The van der Waals surface area contributed by atoms with Crippen molar-refractivity contribution in [3.8, 4) is 5.75 Å². The van der Waals surface area contributed by atoms with E-state index in [4.69, 9.17) is 19.4 Å². The minimum Gasteiger partial charge on any atom is -0.497 e. The van der Waals surface area contributed by atoms with Gasteiger partial charge in [0.15, 0.2) is 0 Å². The zero-order chi connectivity index (χ0) is 23.0. The summed E-state index contributed by atoms with van der Waals surface area (Å²) >= 11 is 1.49. The van der Waals surface area contributed by atoms with E-state index in [-0.39, 0.29) is 11.2 Å². The van der Waals surface area contributed by atoms with Gasteiger partial charge in [0.2, 0.25) is 5.91 Å². The van der Waals surface area contributed by atoms with Crippen molar-refractivity contribution >= 4 is 28.6 Å². The Morgan fingerprint density at radius 1 is 1.15 bits per heavy atom. The lowest BCUT2D eigenvalue weighted by molar-refractivity contribution is -0.120. The van der Waals surface area contributed by atoms with Crippen LogP contribution in [0.5, 0.6) is 5.75 Å². The second-order valence-electron chi connectivity index (χ2n) is 8.00. The van der Waals surface area contributed by atoms with Crippen LogP contribution in [0.1, 0.15) is 18.3 Å². The van der Waals surface area contributed by atoms with E-state index in [0.29, 0.717) is 13.1 Å². The number of benzene rings is 2. The van der Waals surface area contributed by atoms with Crippen molar-refractivity contribution in [1.29, 1.82) is 0 Å². The summed E-state index contributed by atoms with van der Waals surface area (Å²) in [4.78, 5) is 24.7. The predicted octanol–water partition coefficient (Wildman–Crippen LogP) is 3.31. The van der Waals surface area contributed by atoms with Crippen LogP contribution in [-0.4, -0.2) is 66.0 Å². The number of rotatable bonds is 9. The van der Waals surface area contributed by atoms with Crippen molar-refractivity contribution < 1.29 is 14.3 Å². The first kappa shape index (κ1) is 23.5. The second kappa shape index (κ2) is 11.4. The summed E-state index contributed by atoms with van der Waals surface area (Å²) in [5, 5.41) is 4.61. The van der Waals surface area contributed by atoms with Gasteiger partial charge in [-0.2, -0.15) is 0 Å². The van der Waals surface area contributed by atoms with E-state index >= 15 is 0 Å². The first-order chi connectivity index (χ1) is 16.1. The third-order valence-corrected chi connectivity index (χ3v) is 6.71. The number of ether oxygens (including phenoxy) is 2. The van der Waals surface area contributed by atoms with Gasteiger partial charge in [-0.3, -0.25) is 9.69 Å². The molecule has 2 heterocycles. The lowest BCUT2D eigenvalue weighted by Gasteiger charge is -2.26. The Labute approximate surface area is 198 Å². The molecule has 4 rings (SSSR count). The van der Waals surface area contributed by atoms with Gasteiger partial charge in [-0.15, -0.1) is 0 Å². The number of methoxy groups -OCH3 is 1. The summed E-state index contributed by atoms with van der Waals surface area (Å²) in [6.07, 6.45) is 0.771. The van der Waals surface area contributed by atoms with Crippen LogP contribution in [0.15, 0.2) is 53.6 Å². The zero-order valence-electron chi connectivity index (χ0n) is 19.1. The highest BCUT2D eigenvalue weighted by molar-refractivity contribution is 8.00. The molecular formula is C25H30N4O3S. The van der Waals surface area contributed by atoms with Crippen LogP contribution in [0.2, 0.25) is 0 Å². The van der Waals surface area contributed by atoms with Crippen LogP contribution in [-0.2, 0) is 22.5 Å². The summed E-state index contributed by atoms with van der Waals surface area (Å²) in [5.41, 5.74) is 2.07. The Balaban J connectivity index is 1.39. The molecule has 8 heteroatoms. The number of nitrogens with one attached hydrogen (secondary N) is 1. The molecule has 1 unspecified atom stereocenters. The highest BCUT2D eigenvalue weighted by atomic mass is 32.2. The number of para-hydroxylation sites is 1. The molecule has 1 aliphatic heterocycles. The Morgan fingerprint density at radius 2 is 1.91 bits per heavy atom. The number of aromatic nitrogens is 2. The van der Waals surface area contributed by atoms with Crippen molar-refractivity contribution in [1.82, 2.24) is 20.2 Å². The number of hydrogen-bond acceptors (Lipinski definition) is 7. The minimum atomic E-state index is -0.268. The van der Waals surface area contributed by atoms with Gasteiger partial charge in [0, 0.05) is 25.0 Å². The number of fused-ring (bicyclic) bond motifs is 1. The molecule has 0 aliphatic carbocycles. The summed E-state index contributed by atoms with van der Waals surface area (Å²) in [5.74, 6) is 1.62. The normalized spacial score (nSPS) is 15.3. The number of nitrogens with zero attached hydrogens (tertiary/aromatic N) is 3. The largest absolute Gasteiger partial charge is 0.497 e. The number of morpholine rings is 1. The standard InChI is InChI=1S/C25H30N4O3S/c1-18(24(30)26-12-11-19-7-9-20(31-2)10-8-19)33-25-21-5-3-4-6-22(21)27-23(28-25)17-29-13-15-32-16-14-29/h3-10,18H,11-17H2,1-2H3,(H,26,30). The highest BCUT2D eigenvalue weighted by Gasteiger charge is 2.19. The van der Waals surface area contributed by atoms with E-state index < -0.39 is 0 Å². The number of amides is 1. The molecule has 0 spiro atoms. The third-order valence-electron chi connectivity index (χ3n) is 5.61. The summed E-state index contributed by atoms with van der Waals surface area (Å²) in [6.45, 7) is 6.43. The molecule has 1 saturated heterocycles. The Hall–Kier alpha value is -2.68. The molecule has 7 nitrogen and oxygen atoms in total. The van der Waals surface area contributed by atoms with Crippen LogP contribution in [0.3, 0.4) is 0 Å². The van der Waals surface area contributed by atoms with E-state index in [1.54, 1.807) is 7.11 Å². The Morgan fingerprint density at radius 3 is 2.67 bits per heavy atom. The van der Waals surface area contributed by atoms with Crippen LogP contribution < -0.4 is 10.1 Å². The van der Waals surface area contributed by atoms with Crippen molar-refractivity contribution in [2.24, 2.45) is 0 Å². The SMILES string of the molecule is COc1ccc(CCNC(=O)C(C)Sc2nc(CN3CCOCC3)nc3ccccc23)cc1. The van der Waals surface area contributed by atoms with Crippen molar-refractivity contribution in [3.05, 3.63) is 59.9 Å². The maximum Gasteiger partial charge on any atom is 0.233 e. The first-order valence-electron chi connectivity index (χ1n) is 11.3. The maximum absolute atomic E-state index is 12.8. The quantitative estimate of drug-likeness (QED) is 0.383. The second-order valence-corrected chi connectivity index (χ2v) is 9.33. The van der Waals surface area contributed by atoms with Gasteiger partial charge in [-0.25, -0.2) is 9.97 Å². The number of hydrogen-bond donors (Lipinski definition) is 1. The van der Waals surface area contributed by atoms with Gasteiger partial charge >= 0.3 is 0 Å². The molecule has 3 aromatic rings. The molecule has 1 fully saturated rings. The van der Waals surface area contributed by atoms with Crippen LogP contribution >= 0.6 is 11.8 Å². The van der Waals surface area contributed by atoms with Gasteiger partial charge in [-0.1, -0.05) is 42.1 Å². The number of thioether (sulfide) groups is 1. The van der Waals surface area contributed by atoms with Crippen LogP contribution in [0.25, 0.3) is 10.9 Å². The molecular weight excluding hydrogens is 436 g/mol. The third kappa shape index (κ3) is 6.43. The van der Waals surface area contributed by atoms with E-state index in [9.17, 15) is 4.79 Å². The van der Waals surface area contributed by atoms with Crippen molar-refractivity contribution in [2.45, 2.75) is 30.2 Å². The van der Waals surface area contributed by atoms with Gasteiger partial charge in [0.05, 0.1) is 37.6 Å². The molecule has 1 aromatic heterocycles. The highest BCUT2D eigenvalue weighted by Crippen LogP contribution is 2.29. The molecule has 2 aromatic carbocycles. The minimum absolute atomic E-state index is 0.00549. The molecule has 174 valence electrons. The topological polar surface area (TPSA) is 76.6 Å². The molecule has 33 heavy (non-hydrogen) atoms. The van der Waals surface area contributed by atoms with Gasteiger partial charge in [0.1, 0.15) is 16.6 Å². The molecule has 1 N–H and O–H groups in total. The Kier molecular flexibility index (Phi) is 8.15. The van der Waals surface area contributed by atoms with E-state index in [1.165, 1.54) is 11.8 Å². The van der Waals surface area contributed by atoms with Gasteiger partial charge in [-0.05, 0) is 37.1 Å². The lowest BCUT2D eigenvalue weighted by Crippen LogP contribution is -2.36. The fourth-order valence-electron chi connectivity index (χ4n) is 3.70. The zero-order valence-corrected chi connectivity index (χ0v) is 19.9. The van der Waals surface area contributed by atoms with Gasteiger partial charge < -0.3 is 14.8 Å². The Bertz CT molecular complexity index is 1070. The molecule has 0 bridgehead atoms. The average molecular weight is 467 g/mol. The van der Waals surface area contributed by atoms with Crippen LogP contribution in [0.4, 0.5) is 0 Å². The smallest absolute Gasteiger partial charge is 0.233 e. The molecule has 1 atom stereocenters. The molecule has 1 amide bonds. The lowest BCUT2D eigenvalue weighted by atomic mass is 10.1. The first-order valence-corrected chi connectivity index (χ1v) is 12.1. The maximum atomic E-state index is 12.8. The summed E-state index contributed by atoms with van der Waals surface area (Å²) in [7, 11) is 1.65. The molecule has 1 aliphatic rings. The van der Waals surface area contributed by atoms with Crippen molar-refractivity contribution in [3.63, 3.8) is 0 Å². The van der Waals surface area contributed by atoms with Crippen molar-refractivity contribution in [2.75, 3.05) is 40.0 Å². The molecule has 0 radical (unpaired) electrons. The summed E-state index contributed by atoms with van der Waals surface area (Å²) in [6, 6.07) is 15.9. The number of carbonyl (C=O) groups excluding carboxylic acids is 1. The van der Waals surface area contributed by atoms with E-state index in [1.807, 2.05) is 55.5 Å². The molecule has 0 saturated carbocycles. The average Bonchev–Trinajstić information content (AvgIpc) is 2.85. The monoisotopic (exact) mass is 466 g/mol. The van der Waals surface area contributed by atoms with Crippen LogP contribution in [0, 0.1) is 0 Å². The van der Waals surface area contributed by atoms with E-state index in [0.717, 1.165) is 65.8 Å². The summed E-state index contributed by atoms with van der Waals surface area (Å²) < 4.78 is 10.6. The van der Waals surface area contributed by atoms with E-state index in [2.05, 4.69) is 10.2 Å².